The lowest BCUT2D eigenvalue weighted by Crippen LogP contribution is -2.23. The molecule has 1 N–H and O–H groups in total. The number of rotatable bonds is 3. The van der Waals surface area contributed by atoms with Crippen molar-refractivity contribution in [2.75, 3.05) is 5.43 Å². The molecular formula is C9H6ClF3N2O. The number of halogens is 4. The molecule has 0 saturated heterocycles. The number of alkyl halides is 3. The molecule has 7 heteroatoms. The summed E-state index contributed by atoms with van der Waals surface area (Å²) in [7, 11) is 0. The molecule has 0 fully saturated rings. The molecule has 0 aliphatic heterocycles. The Morgan fingerprint density at radius 2 is 1.88 bits per heavy atom. The fourth-order valence-electron chi connectivity index (χ4n) is 0.763. The largest absolute Gasteiger partial charge is 0.455 e. The minimum absolute atomic E-state index is 0.175. The Bertz CT molecular complexity index is 400. The summed E-state index contributed by atoms with van der Waals surface area (Å²) < 4.78 is 35.2. The van der Waals surface area contributed by atoms with Crippen LogP contribution >= 0.6 is 11.6 Å². The number of ketones is 1. The minimum Gasteiger partial charge on any atom is -0.283 e. The van der Waals surface area contributed by atoms with Crippen molar-refractivity contribution in [3.8, 4) is 0 Å². The van der Waals surface area contributed by atoms with Crippen LogP contribution in [0.2, 0.25) is 5.02 Å². The third-order valence-corrected chi connectivity index (χ3v) is 1.75. The van der Waals surface area contributed by atoms with Crippen LogP contribution in [0.4, 0.5) is 18.9 Å². The number of hydrazone groups is 1. The summed E-state index contributed by atoms with van der Waals surface area (Å²) in [5.74, 6) is -2.02. The molecule has 0 aromatic heterocycles. The highest BCUT2D eigenvalue weighted by atomic mass is 35.5. The van der Waals surface area contributed by atoms with Crippen molar-refractivity contribution in [1.82, 2.24) is 0 Å². The van der Waals surface area contributed by atoms with E-state index in [1.54, 1.807) is 0 Å². The van der Waals surface area contributed by atoms with Gasteiger partial charge in [-0.15, -0.1) is 0 Å². The first-order valence-electron chi connectivity index (χ1n) is 4.05. The molecule has 1 aromatic rings. The predicted octanol–water partition coefficient (Wildman–Crippen LogP) is 2.87. The van der Waals surface area contributed by atoms with Gasteiger partial charge >= 0.3 is 6.18 Å². The van der Waals surface area contributed by atoms with Gasteiger partial charge in [0.05, 0.1) is 11.9 Å². The molecule has 3 nitrogen and oxygen atoms in total. The normalized spacial score (nSPS) is 11.8. The summed E-state index contributed by atoms with van der Waals surface area (Å²) >= 11 is 5.59. The first-order chi connectivity index (χ1) is 7.39. The van der Waals surface area contributed by atoms with E-state index in [9.17, 15) is 18.0 Å². The molecule has 0 spiro atoms. The monoisotopic (exact) mass is 250 g/mol. The zero-order chi connectivity index (χ0) is 12.2. The molecule has 1 aromatic carbocycles. The van der Waals surface area contributed by atoms with Crippen LogP contribution in [0.15, 0.2) is 29.4 Å². The number of carbonyl (C=O) groups excluding carboxylic acids is 1. The third-order valence-electron chi connectivity index (χ3n) is 1.50. The number of carbonyl (C=O) groups is 1. The third kappa shape index (κ3) is 3.90. The van der Waals surface area contributed by atoms with Crippen molar-refractivity contribution in [1.29, 1.82) is 0 Å². The maximum absolute atomic E-state index is 11.7. The van der Waals surface area contributed by atoms with Crippen molar-refractivity contribution in [3.05, 3.63) is 29.3 Å². The topological polar surface area (TPSA) is 41.5 Å². The number of nitrogens with zero attached hydrogens (tertiary/aromatic N) is 1. The average Bonchev–Trinajstić information content (AvgIpc) is 2.19. The van der Waals surface area contributed by atoms with E-state index in [1.807, 2.05) is 0 Å². The summed E-state index contributed by atoms with van der Waals surface area (Å²) in [6.45, 7) is 0. The number of anilines is 1. The number of hydrogen-bond acceptors (Lipinski definition) is 3. The van der Waals surface area contributed by atoms with Crippen molar-refractivity contribution in [2.24, 2.45) is 5.10 Å². The Kier molecular flexibility index (Phi) is 3.89. The van der Waals surface area contributed by atoms with E-state index in [-0.39, 0.29) is 6.21 Å². The van der Waals surface area contributed by atoms with Crippen LogP contribution < -0.4 is 5.43 Å². The first-order valence-corrected chi connectivity index (χ1v) is 4.43. The van der Waals surface area contributed by atoms with E-state index in [0.717, 1.165) is 0 Å². The molecule has 0 atom stereocenters. The molecule has 86 valence electrons. The molecule has 0 amide bonds. The molecule has 1 rings (SSSR count). The maximum Gasteiger partial charge on any atom is 0.455 e. The average molecular weight is 251 g/mol. The standard InChI is InChI=1S/C9H6ClF3N2O/c10-6-1-3-7(4-2-6)15-14-5-8(16)9(11,12)13/h1-5,15H/b14-5+. The highest BCUT2D eigenvalue weighted by Gasteiger charge is 2.36. The van der Waals surface area contributed by atoms with Gasteiger partial charge in [-0.05, 0) is 24.3 Å². The van der Waals surface area contributed by atoms with Crippen LogP contribution in [0.3, 0.4) is 0 Å². The summed E-state index contributed by atoms with van der Waals surface area (Å²) in [6, 6.07) is 6.09. The Balaban J connectivity index is 2.55. The molecule has 0 radical (unpaired) electrons. The molecule has 0 aliphatic carbocycles. The van der Waals surface area contributed by atoms with Gasteiger partial charge in [0.2, 0.25) is 0 Å². The van der Waals surface area contributed by atoms with Crippen LogP contribution in [0, 0.1) is 0 Å². The van der Waals surface area contributed by atoms with E-state index < -0.39 is 12.0 Å². The molecule has 0 heterocycles. The fraction of sp³-hybridized carbons (Fsp3) is 0.111. The van der Waals surface area contributed by atoms with Gasteiger partial charge in [-0.2, -0.15) is 18.3 Å². The van der Waals surface area contributed by atoms with E-state index in [4.69, 9.17) is 11.6 Å². The van der Waals surface area contributed by atoms with Gasteiger partial charge < -0.3 is 0 Å². The second kappa shape index (κ2) is 4.98. The lowest BCUT2D eigenvalue weighted by atomic mass is 10.3. The van der Waals surface area contributed by atoms with Crippen LogP contribution in [-0.2, 0) is 4.79 Å². The number of Topliss-reactive ketones (excluding diaryl/α,β-unsaturated/α-hetero) is 1. The molecule has 0 bridgehead atoms. The molecule has 0 aliphatic rings. The zero-order valence-electron chi connectivity index (χ0n) is 7.75. The van der Waals surface area contributed by atoms with E-state index in [2.05, 4.69) is 10.5 Å². The van der Waals surface area contributed by atoms with Gasteiger partial charge in [-0.25, -0.2) is 0 Å². The van der Waals surface area contributed by atoms with Crippen LogP contribution in [0.1, 0.15) is 0 Å². The number of nitrogens with one attached hydrogen (secondary N) is 1. The first kappa shape index (κ1) is 12.5. The van der Waals surface area contributed by atoms with Gasteiger partial charge in [-0.3, -0.25) is 10.2 Å². The minimum atomic E-state index is -4.90. The summed E-state index contributed by atoms with van der Waals surface area (Å²) in [5, 5.41) is 3.64. The SMILES string of the molecule is O=C(/C=N/Nc1ccc(Cl)cc1)C(F)(F)F. The lowest BCUT2D eigenvalue weighted by Gasteiger charge is -2.01. The van der Waals surface area contributed by atoms with Crippen LogP contribution in [-0.4, -0.2) is 18.2 Å². The van der Waals surface area contributed by atoms with E-state index in [0.29, 0.717) is 10.7 Å². The Morgan fingerprint density at radius 3 is 2.38 bits per heavy atom. The van der Waals surface area contributed by atoms with E-state index in [1.165, 1.54) is 24.3 Å². The quantitative estimate of drug-likeness (QED) is 0.662. The van der Waals surface area contributed by atoms with Crippen molar-refractivity contribution in [2.45, 2.75) is 6.18 Å². The second-order valence-electron chi connectivity index (χ2n) is 2.74. The summed E-state index contributed by atoms with van der Waals surface area (Å²) in [6.07, 6.45) is -4.72. The maximum atomic E-state index is 11.7. The molecule has 0 saturated carbocycles. The van der Waals surface area contributed by atoms with E-state index >= 15 is 0 Å². The van der Waals surface area contributed by atoms with Gasteiger partial charge in [0.15, 0.2) is 0 Å². The summed E-state index contributed by atoms with van der Waals surface area (Å²) in [5.41, 5.74) is 2.69. The number of hydrogen-bond donors (Lipinski definition) is 1. The van der Waals surface area contributed by atoms with Crippen LogP contribution in [0.25, 0.3) is 0 Å². The predicted molar refractivity (Wildman–Crippen MR) is 54.6 cm³/mol. The van der Waals surface area contributed by atoms with Gasteiger partial charge in [0.25, 0.3) is 5.78 Å². The number of benzene rings is 1. The second-order valence-corrected chi connectivity index (χ2v) is 3.18. The molecule has 0 unspecified atom stereocenters. The van der Waals surface area contributed by atoms with Gasteiger partial charge in [0.1, 0.15) is 0 Å². The Hall–Kier alpha value is -1.56. The molecular weight excluding hydrogens is 245 g/mol. The summed E-state index contributed by atoms with van der Waals surface area (Å²) in [4.78, 5) is 10.4. The smallest absolute Gasteiger partial charge is 0.283 e. The van der Waals surface area contributed by atoms with Crippen LogP contribution in [0.5, 0.6) is 0 Å². The fourth-order valence-corrected chi connectivity index (χ4v) is 0.889. The lowest BCUT2D eigenvalue weighted by molar-refractivity contribution is -0.162. The van der Waals surface area contributed by atoms with Crippen molar-refractivity contribution >= 4 is 29.3 Å². The zero-order valence-corrected chi connectivity index (χ0v) is 8.51. The Morgan fingerprint density at radius 1 is 1.31 bits per heavy atom. The highest BCUT2D eigenvalue weighted by molar-refractivity contribution is 6.30. The van der Waals surface area contributed by atoms with Crippen molar-refractivity contribution in [3.63, 3.8) is 0 Å². The Labute approximate surface area is 93.9 Å². The van der Waals surface area contributed by atoms with Crippen molar-refractivity contribution < 1.29 is 18.0 Å². The van der Waals surface area contributed by atoms with Gasteiger partial charge in [0, 0.05) is 5.02 Å². The molecule has 16 heavy (non-hydrogen) atoms. The highest BCUT2D eigenvalue weighted by Crippen LogP contribution is 2.15. The van der Waals surface area contributed by atoms with Gasteiger partial charge in [-0.1, -0.05) is 11.6 Å².